The summed E-state index contributed by atoms with van der Waals surface area (Å²) < 4.78 is 5.79. The summed E-state index contributed by atoms with van der Waals surface area (Å²) in [6.45, 7) is 10.2. The molecule has 0 radical (unpaired) electrons. The van der Waals surface area contributed by atoms with Crippen molar-refractivity contribution < 1.29 is 4.42 Å². The maximum absolute atomic E-state index is 5.79. The zero-order valence-corrected chi connectivity index (χ0v) is 16.2. The predicted molar refractivity (Wildman–Crippen MR) is 112 cm³/mol. The van der Waals surface area contributed by atoms with Crippen LogP contribution in [0.1, 0.15) is 37.8 Å². The Morgan fingerprint density at radius 1 is 1.00 bits per heavy atom. The highest BCUT2D eigenvalue weighted by atomic mass is 16.4. The van der Waals surface area contributed by atoms with Gasteiger partial charge in [0.25, 0.3) is 0 Å². The molecule has 2 aromatic carbocycles. The first-order chi connectivity index (χ1) is 13.4. The highest BCUT2D eigenvalue weighted by molar-refractivity contribution is 6.16. The van der Waals surface area contributed by atoms with Crippen LogP contribution in [0.25, 0.3) is 0 Å². The van der Waals surface area contributed by atoms with E-state index in [9.17, 15) is 0 Å². The molecular weight excluding hydrogens is 350 g/mol. The lowest BCUT2D eigenvalue weighted by molar-refractivity contribution is 0.398. The Balaban J connectivity index is 1.74. The molecule has 6 heteroatoms. The molecule has 1 aliphatic heterocycles. The summed E-state index contributed by atoms with van der Waals surface area (Å²) in [6.07, 6.45) is -0.462. The maximum Gasteiger partial charge on any atom is 0.317 e. The van der Waals surface area contributed by atoms with E-state index >= 15 is 0 Å². The van der Waals surface area contributed by atoms with Crippen LogP contribution in [0.2, 0.25) is 0 Å². The Hall–Kier alpha value is -3.41. The molecular formula is C22H23N5O. The molecule has 0 saturated carbocycles. The molecule has 0 fully saturated rings. The number of aliphatic imine (C=N–C) groups is 1. The Morgan fingerprint density at radius 2 is 1.71 bits per heavy atom. The van der Waals surface area contributed by atoms with Crippen LogP contribution in [0.3, 0.4) is 0 Å². The minimum absolute atomic E-state index is 0.222. The van der Waals surface area contributed by atoms with Crippen LogP contribution in [0.15, 0.2) is 76.3 Å². The summed E-state index contributed by atoms with van der Waals surface area (Å²) in [6, 6.07) is 18.5. The van der Waals surface area contributed by atoms with E-state index in [0.717, 1.165) is 22.5 Å². The molecule has 1 atom stereocenters. The number of rotatable bonds is 3. The van der Waals surface area contributed by atoms with Crippen molar-refractivity contribution in [2.24, 2.45) is 4.99 Å². The van der Waals surface area contributed by atoms with Gasteiger partial charge in [-0.25, -0.2) is 0 Å². The zero-order valence-electron chi connectivity index (χ0n) is 16.2. The number of hydrogen-bond donors (Lipinski definition) is 2. The highest BCUT2D eigenvalue weighted by Gasteiger charge is 2.25. The molecule has 0 amide bonds. The molecule has 4 rings (SSSR count). The lowest BCUT2D eigenvalue weighted by Gasteiger charge is -2.16. The van der Waals surface area contributed by atoms with Gasteiger partial charge in [0.1, 0.15) is 0 Å². The van der Waals surface area contributed by atoms with Gasteiger partial charge in [-0.05, 0) is 6.07 Å². The van der Waals surface area contributed by atoms with Crippen molar-refractivity contribution in [3.8, 4) is 0 Å². The number of para-hydroxylation sites is 1. The van der Waals surface area contributed by atoms with Crippen molar-refractivity contribution in [3.05, 3.63) is 83.9 Å². The van der Waals surface area contributed by atoms with E-state index < -0.39 is 6.17 Å². The quantitative estimate of drug-likeness (QED) is 0.703. The Morgan fingerprint density at radius 3 is 2.43 bits per heavy atom. The SMILES string of the molecule is C=C1Nc2ccccc2C(c2ccccc2)=NC1Nc1nnc(C(C)(C)C)o1. The monoisotopic (exact) mass is 373 g/mol. The van der Waals surface area contributed by atoms with Gasteiger partial charge in [0.2, 0.25) is 5.89 Å². The molecule has 28 heavy (non-hydrogen) atoms. The number of benzene rings is 2. The third kappa shape index (κ3) is 3.53. The van der Waals surface area contributed by atoms with Gasteiger partial charge in [0.05, 0.1) is 11.4 Å². The third-order valence-electron chi connectivity index (χ3n) is 4.44. The summed E-state index contributed by atoms with van der Waals surface area (Å²) in [5, 5.41) is 14.8. The number of hydrogen-bond acceptors (Lipinski definition) is 6. The van der Waals surface area contributed by atoms with Crippen molar-refractivity contribution >= 4 is 17.4 Å². The third-order valence-corrected chi connectivity index (χ3v) is 4.44. The van der Waals surface area contributed by atoms with E-state index in [1.165, 1.54) is 0 Å². The van der Waals surface area contributed by atoms with Crippen LogP contribution >= 0.6 is 0 Å². The van der Waals surface area contributed by atoms with E-state index in [2.05, 4.69) is 27.4 Å². The first-order valence-electron chi connectivity index (χ1n) is 9.21. The molecule has 0 bridgehead atoms. The molecule has 1 unspecified atom stereocenters. The van der Waals surface area contributed by atoms with E-state index in [1.54, 1.807) is 0 Å². The Labute approximate surface area is 164 Å². The summed E-state index contributed by atoms with van der Waals surface area (Å²) in [4.78, 5) is 4.95. The number of fused-ring (bicyclic) bond motifs is 1. The smallest absolute Gasteiger partial charge is 0.317 e. The number of anilines is 2. The lowest BCUT2D eigenvalue weighted by atomic mass is 9.97. The van der Waals surface area contributed by atoms with Gasteiger partial charge in [0.15, 0.2) is 6.17 Å². The van der Waals surface area contributed by atoms with Gasteiger partial charge in [0, 0.05) is 22.2 Å². The Kier molecular flexibility index (Phi) is 4.47. The van der Waals surface area contributed by atoms with E-state index in [0.29, 0.717) is 17.6 Å². The van der Waals surface area contributed by atoms with E-state index in [-0.39, 0.29) is 5.41 Å². The predicted octanol–water partition coefficient (Wildman–Crippen LogP) is 4.58. The zero-order chi connectivity index (χ0) is 19.7. The minimum atomic E-state index is -0.462. The fraction of sp³-hybridized carbons (Fsp3) is 0.227. The lowest BCUT2D eigenvalue weighted by Crippen LogP contribution is -2.23. The van der Waals surface area contributed by atoms with Crippen LogP contribution in [0, 0.1) is 0 Å². The molecule has 0 aliphatic carbocycles. The first-order valence-corrected chi connectivity index (χ1v) is 9.21. The first kappa shape index (κ1) is 18.0. The largest absolute Gasteiger partial charge is 0.408 e. The standard InChI is InChI=1S/C22H23N5O/c1-14-19(25-21-27-26-20(28-21)22(2,3)4)24-18(15-10-6-5-7-11-15)16-12-8-9-13-17(16)23-14/h5-13,19,23H,1H2,2-4H3,(H,25,27). The summed E-state index contributed by atoms with van der Waals surface area (Å²) in [5.74, 6) is 0.567. The molecule has 2 N–H and O–H groups in total. The second-order valence-electron chi connectivity index (χ2n) is 7.75. The second-order valence-corrected chi connectivity index (χ2v) is 7.75. The Bertz CT molecular complexity index is 1030. The summed E-state index contributed by atoms with van der Waals surface area (Å²) in [7, 11) is 0. The normalized spacial score (nSPS) is 16.6. The van der Waals surface area contributed by atoms with Crippen LogP contribution in [-0.4, -0.2) is 22.1 Å². The average Bonchev–Trinajstić information content (AvgIpc) is 3.10. The maximum atomic E-state index is 5.79. The minimum Gasteiger partial charge on any atom is -0.408 e. The second kappa shape index (κ2) is 6.96. The van der Waals surface area contributed by atoms with Crippen molar-refractivity contribution in [2.45, 2.75) is 32.4 Å². The van der Waals surface area contributed by atoms with Crippen molar-refractivity contribution in [1.82, 2.24) is 10.2 Å². The van der Waals surface area contributed by atoms with Crippen LogP contribution in [-0.2, 0) is 5.41 Å². The molecule has 142 valence electrons. The fourth-order valence-electron chi connectivity index (χ4n) is 2.96. The fourth-order valence-corrected chi connectivity index (χ4v) is 2.96. The van der Waals surface area contributed by atoms with Gasteiger partial charge in [-0.3, -0.25) is 4.99 Å². The van der Waals surface area contributed by atoms with Crippen molar-refractivity contribution in [2.75, 3.05) is 10.6 Å². The van der Waals surface area contributed by atoms with Crippen molar-refractivity contribution in [3.63, 3.8) is 0 Å². The molecule has 1 aromatic heterocycles. The topological polar surface area (TPSA) is 75.3 Å². The number of nitrogens with one attached hydrogen (secondary N) is 2. The summed E-state index contributed by atoms with van der Waals surface area (Å²) in [5.41, 5.74) is 4.35. The molecule has 6 nitrogen and oxygen atoms in total. The molecule has 0 saturated heterocycles. The number of nitrogens with zero attached hydrogens (tertiary/aromatic N) is 3. The van der Waals surface area contributed by atoms with Gasteiger partial charge in [-0.15, -0.1) is 5.10 Å². The molecule has 0 spiro atoms. The van der Waals surface area contributed by atoms with Crippen LogP contribution in [0.4, 0.5) is 11.7 Å². The van der Waals surface area contributed by atoms with Gasteiger partial charge in [-0.2, -0.15) is 0 Å². The average molecular weight is 373 g/mol. The number of benzodiazepines with no additional fused rings is 1. The van der Waals surface area contributed by atoms with Crippen LogP contribution < -0.4 is 10.6 Å². The highest BCUT2D eigenvalue weighted by Crippen LogP contribution is 2.28. The summed E-state index contributed by atoms with van der Waals surface area (Å²) >= 11 is 0. The molecule has 2 heterocycles. The van der Waals surface area contributed by atoms with E-state index in [1.807, 2.05) is 75.4 Å². The van der Waals surface area contributed by atoms with Crippen LogP contribution in [0.5, 0.6) is 0 Å². The number of aromatic nitrogens is 2. The van der Waals surface area contributed by atoms with E-state index in [4.69, 9.17) is 9.41 Å². The van der Waals surface area contributed by atoms with Crippen molar-refractivity contribution in [1.29, 1.82) is 0 Å². The van der Waals surface area contributed by atoms with Gasteiger partial charge < -0.3 is 15.1 Å². The molecule has 3 aromatic rings. The van der Waals surface area contributed by atoms with Gasteiger partial charge >= 0.3 is 6.01 Å². The molecule has 1 aliphatic rings. The van der Waals surface area contributed by atoms with Gasteiger partial charge in [-0.1, -0.05) is 81.0 Å².